The minimum atomic E-state index is -1.02. The SMILES string of the molecule is Cc1nn(C)c(C)c1NC(=O)[C@H](C)OC(=O)c1ccc(Cl)c(N2CCCC2=O)c1. The van der Waals surface area contributed by atoms with Gasteiger partial charge < -0.3 is 15.0 Å². The van der Waals surface area contributed by atoms with E-state index in [9.17, 15) is 14.4 Å². The summed E-state index contributed by atoms with van der Waals surface area (Å²) in [5.74, 6) is -1.16. The maximum atomic E-state index is 12.5. The molecular weight excluding hydrogens is 396 g/mol. The quantitative estimate of drug-likeness (QED) is 0.753. The number of rotatable bonds is 5. The Kier molecular flexibility index (Phi) is 5.93. The van der Waals surface area contributed by atoms with E-state index in [0.717, 1.165) is 12.1 Å². The van der Waals surface area contributed by atoms with Crippen molar-refractivity contribution >= 4 is 40.8 Å². The van der Waals surface area contributed by atoms with Crippen molar-refractivity contribution in [3.05, 3.63) is 40.2 Å². The van der Waals surface area contributed by atoms with Crippen molar-refractivity contribution in [2.75, 3.05) is 16.8 Å². The number of aromatic nitrogens is 2. The molecule has 1 aromatic carbocycles. The fourth-order valence-electron chi connectivity index (χ4n) is 3.21. The first-order chi connectivity index (χ1) is 13.7. The number of amides is 2. The van der Waals surface area contributed by atoms with Gasteiger partial charge in [-0.25, -0.2) is 4.79 Å². The number of carbonyl (C=O) groups is 3. The van der Waals surface area contributed by atoms with Gasteiger partial charge in [-0.2, -0.15) is 5.10 Å². The van der Waals surface area contributed by atoms with Gasteiger partial charge in [-0.15, -0.1) is 0 Å². The Morgan fingerprint density at radius 1 is 1.31 bits per heavy atom. The summed E-state index contributed by atoms with van der Waals surface area (Å²) in [6.45, 7) is 5.67. The molecule has 2 aromatic rings. The van der Waals surface area contributed by atoms with E-state index < -0.39 is 18.0 Å². The van der Waals surface area contributed by atoms with Crippen molar-refractivity contribution in [2.45, 2.75) is 39.7 Å². The molecule has 2 amide bonds. The van der Waals surface area contributed by atoms with Crippen LogP contribution in [-0.2, 0) is 21.4 Å². The van der Waals surface area contributed by atoms with Gasteiger partial charge in [-0.3, -0.25) is 14.3 Å². The molecule has 1 atom stereocenters. The van der Waals surface area contributed by atoms with Crippen LogP contribution in [0.5, 0.6) is 0 Å². The molecule has 1 aliphatic rings. The Morgan fingerprint density at radius 3 is 2.62 bits per heavy atom. The Hall–Kier alpha value is -2.87. The fourth-order valence-corrected chi connectivity index (χ4v) is 3.43. The van der Waals surface area contributed by atoms with Gasteiger partial charge in [0.05, 0.1) is 33.3 Å². The Labute approximate surface area is 173 Å². The van der Waals surface area contributed by atoms with Gasteiger partial charge in [-0.05, 0) is 45.4 Å². The summed E-state index contributed by atoms with van der Waals surface area (Å²) >= 11 is 6.21. The molecule has 1 fully saturated rings. The van der Waals surface area contributed by atoms with Gasteiger partial charge in [0.1, 0.15) is 0 Å². The number of hydrogen-bond acceptors (Lipinski definition) is 5. The highest BCUT2D eigenvalue weighted by Gasteiger charge is 2.26. The van der Waals surface area contributed by atoms with Crippen molar-refractivity contribution < 1.29 is 19.1 Å². The smallest absolute Gasteiger partial charge is 0.338 e. The number of hydrogen-bond donors (Lipinski definition) is 1. The standard InChI is InChI=1S/C20H23ClN4O4/c1-11-18(12(2)24(4)23-11)22-19(27)13(3)29-20(28)14-7-8-15(21)16(10-14)25-9-5-6-17(25)26/h7-8,10,13H,5-6,9H2,1-4H3,(H,22,27)/t13-/m0/s1. The second-order valence-corrected chi connectivity index (χ2v) is 7.43. The van der Waals surface area contributed by atoms with Crippen LogP contribution in [0.25, 0.3) is 0 Å². The van der Waals surface area contributed by atoms with E-state index >= 15 is 0 Å². The van der Waals surface area contributed by atoms with Crippen LogP contribution >= 0.6 is 11.6 Å². The van der Waals surface area contributed by atoms with Crippen LogP contribution in [0.2, 0.25) is 5.02 Å². The predicted molar refractivity (Wildman–Crippen MR) is 109 cm³/mol. The van der Waals surface area contributed by atoms with Gasteiger partial charge in [0.2, 0.25) is 5.91 Å². The van der Waals surface area contributed by atoms with Crippen LogP contribution in [0.3, 0.4) is 0 Å². The molecule has 0 saturated carbocycles. The number of ether oxygens (including phenoxy) is 1. The van der Waals surface area contributed by atoms with Gasteiger partial charge >= 0.3 is 5.97 Å². The molecular formula is C20H23ClN4O4. The molecule has 2 heterocycles. The largest absolute Gasteiger partial charge is 0.449 e. The summed E-state index contributed by atoms with van der Waals surface area (Å²) in [7, 11) is 1.78. The first-order valence-electron chi connectivity index (χ1n) is 9.31. The summed E-state index contributed by atoms with van der Waals surface area (Å²) in [6, 6.07) is 4.58. The maximum Gasteiger partial charge on any atom is 0.338 e. The van der Waals surface area contributed by atoms with Crippen LogP contribution in [0, 0.1) is 13.8 Å². The number of halogens is 1. The van der Waals surface area contributed by atoms with Crippen molar-refractivity contribution in [2.24, 2.45) is 7.05 Å². The molecule has 1 aromatic heterocycles. The highest BCUT2D eigenvalue weighted by molar-refractivity contribution is 6.34. The molecule has 154 valence electrons. The molecule has 1 saturated heterocycles. The summed E-state index contributed by atoms with van der Waals surface area (Å²) in [6.07, 6.45) is 0.179. The van der Waals surface area contributed by atoms with Crippen molar-refractivity contribution in [1.82, 2.24) is 9.78 Å². The topological polar surface area (TPSA) is 93.5 Å². The van der Waals surface area contributed by atoms with Crippen molar-refractivity contribution in [3.63, 3.8) is 0 Å². The Balaban J connectivity index is 1.71. The van der Waals surface area contributed by atoms with Crippen LogP contribution < -0.4 is 10.2 Å². The lowest BCUT2D eigenvalue weighted by molar-refractivity contribution is -0.123. The van der Waals surface area contributed by atoms with E-state index in [4.69, 9.17) is 16.3 Å². The fraction of sp³-hybridized carbons (Fsp3) is 0.400. The third-order valence-electron chi connectivity index (χ3n) is 4.96. The zero-order valence-electron chi connectivity index (χ0n) is 16.8. The average molecular weight is 419 g/mol. The normalized spacial score (nSPS) is 14.8. The van der Waals surface area contributed by atoms with E-state index in [1.807, 2.05) is 6.92 Å². The van der Waals surface area contributed by atoms with Crippen LogP contribution in [0.4, 0.5) is 11.4 Å². The third-order valence-corrected chi connectivity index (χ3v) is 5.28. The highest BCUT2D eigenvalue weighted by atomic mass is 35.5. The van der Waals surface area contributed by atoms with E-state index in [1.54, 1.807) is 29.6 Å². The van der Waals surface area contributed by atoms with E-state index in [2.05, 4.69) is 10.4 Å². The van der Waals surface area contributed by atoms with Crippen LogP contribution in [-0.4, -0.2) is 40.2 Å². The first-order valence-corrected chi connectivity index (χ1v) is 9.68. The van der Waals surface area contributed by atoms with Crippen LogP contribution in [0.15, 0.2) is 18.2 Å². The zero-order valence-corrected chi connectivity index (χ0v) is 17.5. The Bertz CT molecular complexity index is 985. The minimum absolute atomic E-state index is 0.0348. The number of benzene rings is 1. The molecule has 0 aliphatic carbocycles. The summed E-state index contributed by atoms with van der Waals surface area (Å²) < 4.78 is 6.98. The van der Waals surface area contributed by atoms with E-state index in [0.29, 0.717) is 35.1 Å². The highest BCUT2D eigenvalue weighted by Crippen LogP contribution is 2.30. The number of nitrogens with one attached hydrogen (secondary N) is 1. The number of nitrogens with zero attached hydrogens (tertiary/aromatic N) is 3. The van der Waals surface area contributed by atoms with Crippen LogP contribution in [0.1, 0.15) is 41.5 Å². The lowest BCUT2D eigenvalue weighted by Gasteiger charge is -2.19. The number of aryl methyl sites for hydroxylation is 2. The molecule has 1 N–H and O–H groups in total. The lowest BCUT2D eigenvalue weighted by atomic mass is 10.2. The molecule has 0 radical (unpaired) electrons. The molecule has 0 bridgehead atoms. The molecule has 8 nitrogen and oxygen atoms in total. The molecule has 29 heavy (non-hydrogen) atoms. The number of carbonyl (C=O) groups excluding carboxylic acids is 3. The van der Waals surface area contributed by atoms with Crippen molar-refractivity contribution in [3.8, 4) is 0 Å². The zero-order chi connectivity index (χ0) is 21.3. The maximum absolute atomic E-state index is 12.5. The van der Waals surface area contributed by atoms with Gasteiger partial charge in [-0.1, -0.05) is 11.6 Å². The average Bonchev–Trinajstić information content (AvgIpc) is 3.20. The Morgan fingerprint density at radius 2 is 2.03 bits per heavy atom. The summed E-state index contributed by atoms with van der Waals surface area (Å²) in [4.78, 5) is 38.6. The van der Waals surface area contributed by atoms with Gasteiger partial charge in [0.25, 0.3) is 5.91 Å². The molecule has 1 aliphatic heterocycles. The summed E-state index contributed by atoms with van der Waals surface area (Å²) in [5, 5.41) is 7.38. The molecule has 0 unspecified atom stereocenters. The summed E-state index contributed by atoms with van der Waals surface area (Å²) in [5.41, 5.74) is 2.77. The predicted octanol–water partition coefficient (Wildman–Crippen LogP) is 3.00. The molecule has 9 heteroatoms. The minimum Gasteiger partial charge on any atom is -0.449 e. The monoisotopic (exact) mass is 418 g/mol. The second-order valence-electron chi connectivity index (χ2n) is 7.02. The van der Waals surface area contributed by atoms with Gasteiger partial charge in [0, 0.05) is 20.0 Å². The second kappa shape index (κ2) is 8.24. The van der Waals surface area contributed by atoms with E-state index in [1.165, 1.54) is 19.1 Å². The first kappa shape index (κ1) is 20.9. The van der Waals surface area contributed by atoms with Gasteiger partial charge in [0.15, 0.2) is 6.10 Å². The van der Waals surface area contributed by atoms with Crippen molar-refractivity contribution in [1.29, 1.82) is 0 Å². The number of anilines is 2. The molecule has 3 rings (SSSR count). The third kappa shape index (κ3) is 4.27. The molecule has 0 spiro atoms. The van der Waals surface area contributed by atoms with E-state index in [-0.39, 0.29) is 11.5 Å². The lowest BCUT2D eigenvalue weighted by Crippen LogP contribution is -2.30. The number of esters is 1.